The molecule has 0 saturated carbocycles. The van der Waals surface area contributed by atoms with Crippen molar-refractivity contribution < 1.29 is 27.1 Å². The fourth-order valence-electron chi connectivity index (χ4n) is 3.25. The standard InChI is InChI=1S/C20H26F4N4O2S/c21-18(25)14(6-1-2-10-17-27-28-19(26)31-17)7-4-8-15(29)11-13-5-3-9-16(12-13)30-20(22,23)24/h5,12H,1-4,6-11,25H2,(H2,26,28)/b18-14-. The van der Waals surface area contributed by atoms with Crippen molar-refractivity contribution in [1.29, 1.82) is 0 Å². The molecule has 0 unspecified atom stereocenters. The molecule has 0 bridgehead atoms. The number of anilines is 1. The number of nitrogens with zero attached hydrogens (tertiary/aromatic N) is 2. The van der Waals surface area contributed by atoms with Gasteiger partial charge in [0.05, 0.1) is 0 Å². The second-order valence-electron chi connectivity index (χ2n) is 7.24. The molecule has 0 spiro atoms. The predicted molar refractivity (Wildman–Crippen MR) is 110 cm³/mol. The highest BCUT2D eigenvalue weighted by atomic mass is 32.1. The van der Waals surface area contributed by atoms with Gasteiger partial charge in [-0.05, 0) is 55.7 Å². The van der Waals surface area contributed by atoms with Crippen molar-refractivity contribution in [3.05, 3.63) is 40.0 Å². The number of Topliss-reactive ketones (excluding diaryl/α,β-unsaturated/α-hetero) is 1. The maximum Gasteiger partial charge on any atom is 0.572 e. The first-order valence-corrected chi connectivity index (χ1v) is 10.8. The first-order chi connectivity index (χ1) is 14.6. The van der Waals surface area contributed by atoms with Gasteiger partial charge in [0.15, 0.2) is 5.95 Å². The molecule has 0 atom stereocenters. The summed E-state index contributed by atoms with van der Waals surface area (Å²) < 4.78 is 54.5. The summed E-state index contributed by atoms with van der Waals surface area (Å²) in [6.45, 7) is 0. The summed E-state index contributed by atoms with van der Waals surface area (Å²) in [6.07, 6.45) is 2.49. The van der Waals surface area contributed by atoms with E-state index in [0.29, 0.717) is 54.8 Å². The highest BCUT2D eigenvalue weighted by molar-refractivity contribution is 7.15. The summed E-state index contributed by atoms with van der Waals surface area (Å²) in [5, 5.41) is 8.91. The van der Waals surface area contributed by atoms with Crippen molar-refractivity contribution in [2.24, 2.45) is 5.73 Å². The van der Waals surface area contributed by atoms with Crippen LogP contribution in [0, 0.1) is 0 Å². The van der Waals surface area contributed by atoms with Crippen LogP contribution in [0.2, 0.25) is 0 Å². The van der Waals surface area contributed by atoms with Gasteiger partial charge in [-0.1, -0.05) is 17.4 Å². The van der Waals surface area contributed by atoms with Gasteiger partial charge in [-0.25, -0.2) is 0 Å². The van der Waals surface area contributed by atoms with Crippen molar-refractivity contribution in [1.82, 2.24) is 10.2 Å². The van der Waals surface area contributed by atoms with Crippen LogP contribution in [0.3, 0.4) is 0 Å². The average molecular weight is 463 g/mol. The molecule has 0 fully saturated rings. The number of unbranched alkanes of at least 4 members (excludes halogenated alkanes) is 1. The molecule has 0 amide bonds. The zero-order valence-corrected chi connectivity index (χ0v) is 17.8. The summed E-state index contributed by atoms with van der Waals surface area (Å²) in [5.74, 6) is -1.04. The predicted octanol–water partition coefficient (Wildman–Crippen LogP) is 5.24. The van der Waals surface area contributed by atoms with Crippen molar-refractivity contribution in [2.75, 3.05) is 5.73 Å². The molecule has 1 aliphatic rings. The number of ether oxygens (including phenoxy) is 1. The molecule has 0 aliphatic heterocycles. The molecule has 6 nitrogen and oxygen atoms in total. The highest BCUT2D eigenvalue weighted by Gasteiger charge is 2.32. The zero-order valence-electron chi connectivity index (χ0n) is 17.0. The van der Waals surface area contributed by atoms with Crippen molar-refractivity contribution in [3.8, 4) is 0 Å². The topological polar surface area (TPSA) is 104 Å². The van der Waals surface area contributed by atoms with E-state index in [-0.39, 0.29) is 30.8 Å². The lowest BCUT2D eigenvalue weighted by Crippen LogP contribution is -2.14. The van der Waals surface area contributed by atoms with Crippen LogP contribution in [0.4, 0.5) is 22.7 Å². The number of alkyl halides is 3. The number of nitrogens with two attached hydrogens (primary N) is 2. The Balaban J connectivity index is 1.70. The largest absolute Gasteiger partial charge is 0.572 e. The van der Waals surface area contributed by atoms with Crippen LogP contribution in [-0.4, -0.2) is 22.3 Å². The Morgan fingerprint density at radius 3 is 2.55 bits per heavy atom. The molecule has 1 aromatic rings. The van der Waals surface area contributed by atoms with Gasteiger partial charge in [0, 0.05) is 25.7 Å². The van der Waals surface area contributed by atoms with E-state index in [2.05, 4.69) is 14.9 Å². The lowest BCUT2D eigenvalue weighted by molar-refractivity contribution is -0.306. The number of aryl methyl sites for hydroxylation is 1. The van der Waals surface area contributed by atoms with Crippen LogP contribution >= 0.6 is 11.3 Å². The van der Waals surface area contributed by atoms with Gasteiger partial charge in [-0.3, -0.25) is 4.79 Å². The summed E-state index contributed by atoms with van der Waals surface area (Å²) >= 11 is 1.32. The van der Waals surface area contributed by atoms with E-state index in [1.165, 1.54) is 17.4 Å². The molecule has 11 heteroatoms. The Morgan fingerprint density at radius 1 is 1.16 bits per heavy atom. The van der Waals surface area contributed by atoms with E-state index >= 15 is 0 Å². The number of rotatable bonds is 12. The summed E-state index contributed by atoms with van der Waals surface area (Å²) in [7, 11) is 0. The van der Waals surface area contributed by atoms with E-state index in [0.717, 1.165) is 11.4 Å². The molecule has 4 N–H and O–H groups in total. The number of halogens is 4. The van der Waals surface area contributed by atoms with Gasteiger partial charge < -0.3 is 16.2 Å². The molecule has 2 rings (SSSR count). The van der Waals surface area contributed by atoms with Crippen molar-refractivity contribution in [2.45, 2.75) is 70.6 Å². The van der Waals surface area contributed by atoms with E-state index in [1.54, 1.807) is 6.08 Å². The number of carbonyl (C=O) groups excluding carboxylic acids is 1. The fraction of sp³-hybridized carbons (Fsp3) is 0.550. The van der Waals surface area contributed by atoms with E-state index in [9.17, 15) is 22.4 Å². The first-order valence-electron chi connectivity index (χ1n) is 10.0. The van der Waals surface area contributed by atoms with Gasteiger partial charge >= 0.3 is 6.36 Å². The van der Waals surface area contributed by atoms with Gasteiger partial charge in [-0.2, -0.15) is 4.39 Å². The average Bonchev–Trinajstić information content (AvgIpc) is 3.07. The Labute approximate surface area is 182 Å². The fourth-order valence-corrected chi connectivity index (χ4v) is 3.90. The van der Waals surface area contributed by atoms with Gasteiger partial charge in [0.2, 0.25) is 5.13 Å². The van der Waals surface area contributed by atoms with Gasteiger partial charge in [0.1, 0.15) is 16.6 Å². The molecule has 31 heavy (non-hydrogen) atoms. The molecule has 172 valence electrons. The van der Waals surface area contributed by atoms with Crippen LogP contribution in [0.1, 0.15) is 62.8 Å². The number of hydrogen-bond acceptors (Lipinski definition) is 7. The Hall–Kier alpha value is -2.43. The van der Waals surface area contributed by atoms with Gasteiger partial charge in [0.25, 0.3) is 0 Å². The van der Waals surface area contributed by atoms with Crippen LogP contribution in [-0.2, 0) is 16.0 Å². The van der Waals surface area contributed by atoms with Crippen molar-refractivity contribution >= 4 is 22.3 Å². The second kappa shape index (κ2) is 11.8. The molecule has 1 heterocycles. The maximum absolute atomic E-state index is 13.6. The van der Waals surface area contributed by atoms with E-state index in [4.69, 9.17) is 11.5 Å². The highest BCUT2D eigenvalue weighted by Crippen LogP contribution is 2.28. The number of aromatic nitrogens is 2. The molecule has 1 aliphatic carbocycles. The molecular weight excluding hydrogens is 436 g/mol. The van der Waals surface area contributed by atoms with E-state index in [1.807, 2.05) is 0 Å². The summed E-state index contributed by atoms with van der Waals surface area (Å²) in [6, 6.07) is 0. The first kappa shape index (κ1) is 24.8. The van der Waals surface area contributed by atoms with Gasteiger partial charge in [-0.15, -0.1) is 23.4 Å². The number of allylic oxidation sites excluding steroid dienone is 5. The molecular formula is C20H26F4N4O2S. The normalized spacial score (nSPS) is 15.2. The molecule has 0 saturated heterocycles. The van der Waals surface area contributed by atoms with Crippen LogP contribution in [0.5, 0.6) is 0 Å². The Kier molecular flexibility index (Phi) is 9.47. The van der Waals surface area contributed by atoms with Crippen LogP contribution < -0.4 is 11.5 Å². The zero-order chi connectivity index (χ0) is 22.9. The SMILES string of the molecule is N/C(F)=C(/CCCCc1nnc(N)s1)CCCC(=O)CC1=CCCC(OC(F)(F)F)=C1. The third kappa shape index (κ3) is 9.95. The number of hydrogen-bond donors (Lipinski definition) is 2. The van der Waals surface area contributed by atoms with Crippen molar-refractivity contribution in [3.63, 3.8) is 0 Å². The van der Waals surface area contributed by atoms with Crippen LogP contribution in [0.25, 0.3) is 0 Å². The molecule has 1 aromatic heterocycles. The number of carbonyl (C=O) groups is 1. The maximum atomic E-state index is 13.6. The second-order valence-corrected chi connectivity index (χ2v) is 8.33. The lowest BCUT2D eigenvalue weighted by atomic mass is 9.97. The van der Waals surface area contributed by atoms with E-state index < -0.39 is 12.3 Å². The molecule has 0 radical (unpaired) electrons. The monoisotopic (exact) mass is 462 g/mol. The third-order valence-corrected chi connectivity index (χ3v) is 5.48. The minimum absolute atomic E-state index is 0.0276. The number of nitrogen functional groups attached to an aromatic ring is 1. The lowest BCUT2D eigenvalue weighted by Gasteiger charge is -2.16. The number of ketones is 1. The summed E-state index contributed by atoms with van der Waals surface area (Å²) in [4.78, 5) is 12.2. The molecule has 0 aromatic carbocycles. The Morgan fingerprint density at radius 2 is 1.90 bits per heavy atom. The minimum atomic E-state index is -4.74. The third-order valence-electron chi connectivity index (χ3n) is 4.67. The smallest absolute Gasteiger partial charge is 0.410 e. The van der Waals surface area contributed by atoms with Crippen LogP contribution in [0.15, 0.2) is 35.0 Å². The minimum Gasteiger partial charge on any atom is -0.410 e. The summed E-state index contributed by atoms with van der Waals surface area (Å²) in [5.41, 5.74) is 11.8. The Bertz CT molecular complexity index is 842. The quantitative estimate of drug-likeness (QED) is 0.250.